The van der Waals surface area contributed by atoms with Gasteiger partial charge in [-0.05, 0) is 37.0 Å². The molecule has 3 atom stereocenters. The maximum atomic E-state index is 13.1. The van der Waals surface area contributed by atoms with Gasteiger partial charge in [-0.25, -0.2) is 19.7 Å². The second kappa shape index (κ2) is 12.9. The summed E-state index contributed by atoms with van der Waals surface area (Å²) < 4.78 is 13.5. The smallest absolute Gasteiger partial charge is 0.332 e. The molecule has 1 aliphatic heterocycles. The van der Waals surface area contributed by atoms with Crippen LogP contribution in [0.3, 0.4) is 0 Å². The SMILES string of the molecule is COc1nc(-c2cccc(-c3cccc(Nc4ncnc5c4c(=O)n(C)c(=O)n5C)c3Cl)c2Cl)cc2c1C(NC1CCOCC1O)CC2. The van der Waals surface area contributed by atoms with E-state index in [1.54, 1.807) is 20.2 Å². The van der Waals surface area contributed by atoms with Crippen molar-refractivity contribution in [3.05, 3.63) is 90.8 Å². The first-order valence-electron chi connectivity index (χ1n) is 15.5. The molecule has 3 N–H and O–H groups in total. The molecule has 2 aliphatic rings. The number of aliphatic hydroxyl groups excluding tert-OH is 1. The predicted octanol–water partition coefficient (Wildman–Crippen LogP) is 4.54. The molecule has 3 unspecified atom stereocenters. The van der Waals surface area contributed by atoms with Crippen LogP contribution in [0, 0.1) is 0 Å². The minimum Gasteiger partial charge on any atom is -0.481 e. The maximum Gasteiger partial charge on any atom is 0.332 e. The second-order valence-corrected chi connectivity index (χ2v) is 12.7. The Morgan fingerprint density at radius 3 is 2.52 bits per heavy atom. The molecule has 0 bridgehead atoms. The second-order valence-electron chi connectivity index (χ2n) is 12.0. The van der Waals surface area contributed by atoms with Gasteiger partial charge in [0.25, 0.3) is 5.56 Å². The number of methoxy groups -OCH3 is 1. The number of nitrogens with one attached hydrogen (secondary N) is 2. The van der Waals surface area contributed by atoms with Gasteiger partial charge in [0.2, 0.25) is 5.88 Å². The number of anilines is 2. The van der Waals surface area contributed by atoms with Crippen molar-refractivity contribution >= 4 is 45.7 Å². The monoisotopic (exact) mass is 689 g/mol. The van der Waals surface area contributed by atoms with Crippen molar-refractivity contribution in [1.82, 2.24) is 29.4 Å². The van der Waals surface area contributed by atoms with Crippen molar-refractivity contribution in [2.75, 3.05) is 25.6 Å². The minimum atomic E-state index is -0.564. The van der Waals surface area contributed by atoms with Crippen molar-refractivity contribution in [2.45, 2.75) is 37.5 Å². The molecule has 48 heavy (non-hydrogen) atoms. The lowest BCUT2D eigenvalue weighted by molar-refractivity contribution is -0.0304. The number of benzene rings is 2. The van der Waals surface area contributed by atoms with Crippen LogP contribution in [0.5, 0.6) is 5.88 Å². The van der Waals surface area contributed by atoms with Gasteiger partial charge < -0.3 is 25.2 Å². The number of nitrogens with zero attached hydrogens (tertiary/aromatic N) is 5. The minimum absolute atomic E-state index is 0.00202. The fourth-order valence-electron chi connectivity index (χ4n) is 6.64. The molecule has 0 amide bonds. The molecule has 2 aromatic carbocycles. The van der Waals surface area contributed by atoms with E-state index in [-0.39, 0.29) is 28.9 Å². The van der Waals surface area contributed by atoms with E-state index in [0.29, 0.717) is 57.2 Å². The number of aryl methyl sites for hydroxylation is 2. The fourth-order valence-corrected chi connectivity index (χ4v) is 7.24. The topological polar surface area (TPSA) is 145 Å². The molecule has 5 aromatic rings. The van der Waals surface area contributed by atoms with E-state index in [1.807, 2.05) is 30.3 Å². The third-order valence-corrected chi connectivity index (χ3v) is 9.96. The van der Waals surface area contributed by atoms with Crippen LogP contribution in [0.4, 0.5) is 11.5 Å². The number of pyridine rings is 1. The number of hydrogen-bond acceptors (Lipinski definition) is 10. The molecule has 1 aliphatic carbocycles. The zero-order valence-corrected chi connectivity index (χ0v) is 28.0. The number of ether oxygens (including phenoxy) is 2. The average molecular weight is 691 g/mol. The molecule has 248 valence electrons. The summed E-state index contributed by atoms with van der Waals surface area (Å²) in [7, 11) is 4.56. The molecule has 1 saturated heterocycles. The summed E-state index contributed by atoms with van der Waals surface area (Å²) >= 11 is 14.1. The van der Waals surface area contributed by atoms with Crippen LogP contribution in [0.1, 0.15) is 30.0 Å². The lowest BCUT2D eigenvalue weighted by Crippen LogP contribution is -2.47. The number of aromatic nitrogens is 5. The third-order valence-electron chi connectivity index (χ3n) is 9.15. The fraction of sp³-hybridized carbons (Fsp3) is 0.324. The van der Waals surface area contributed by atoms with Crippen LogP contribution in [-0.4, -0.2) is 61.7 Å². The van der Waals surface area contributed by atoms with E-state index in [9.17, 15) is 14.7 Å². The van der Waals surface area contributed by atoms with E-state index in [0.717, 1.165) is 35.0 Å². The Morgan fingerprint density at radius 1 is 1.00 bits per heavy atom. The Morgan fingerprint density at radius 2 is 1.75 bits per heavy atom. The van der Waals surface area contributed by atoms with Gasteiger partial charge in [0.15, 0.2) is 5.65 Å². The molecule has 0 radical (unpaired) electrons. The van der Waals surface area contributed by atoms with Crippen LogP contribution >= 0.6 is 23.2 Å². The molecular formula is C34H33Cl2N7O5. The molecule has 3 aromatic heterocycles. The first kappa shape index (κ1) is 32.2. The van der Waals surface area contributed by atoms with Crippen LogP contribution in [0.25, 0.3) is 33.4 Å². The van der Waals surface area contributed by atoms with Crippen molar-refractivity contribution in [1.29, 1.82) is 0 Å². The summed E-state index contributed by atoms with van der Waals surface area (Å²) in [6, 6.07) is 13.1. The van der Waals surface area contributed by atoms with E-state index < -0.39 is 17.4 Å². The van der Waals surface area contributed by atoms with E-state index in [2.05, 4.69) is 26.7 Å². The average Bonchev–Trinajstić information content (AvgIpc) is 3.50. The number of fused-ring (bicyclic) bond motifs is 2. The lowest BCUT2D eigenvalue weighted by Gasteiger charge is -2.31. The van der Waals surface area contributed by atoms with E-state index >= 15 is 0 Å². The Hall–Kier alpha value is -4.33. The Bertz CT molecular complexity index is 2190. The predicted molar refractivity (Wildman–Crippen MR) is 184 cm³/mol. The molecular weight excluding hydrogens is 657 g/mol. The number of hydrogen-bond donors (Lipinski definition) is 3. The number of rotatable bonds is 7. The normalized spacial score (nSPS) is 19.0. The highest BCUT2D eigenvalue weighted by molar-refractivity contribution is 6.39. The van der Waals surface area contributed by atoms with Gasteiger partial charge in [-0.2, -0.15) is 0 Å². The standard InChI is InChI=1S/C34H33Cl2N7O5/c1-42-31-27(33(45)43(2)34(42)46)30(37-16-38-31)40-23-9-5-7-19(29(23)36)18-6-4-8-20(28(18)35)24-14-17-10-11-22(26(17)32(41-24)47-3)39-21-12-13-48-15-25(21)44/h4-9,14,16,21-22,25,39,44H,10-13,15H2,1-3H3,(H,37,38,40). The summed E-state index contributed by atoms with van der Waals surface area (Å²) in [6.45, 7) is 0.934. The zero-order valence-electron chi connectivity index (χ0n) is 26.5. The summed E-state index contributed by atoms with van der Waals surface area (Å²) in [5.74, 6) is 0.731. The summed E-state index contributed by atoms with van der Waals surface area (Å²) in [5.41, 5.74) is 4.50. The Kier molecular flexibility index (Phi) is 8.69. The van der Waals surface area contributed by atoms with E-state index in [4.69, 9.17) is 37.7 Å². The van der Waals surface area contributed by atoms with Gasteiger partial charge in [-0.3, -0.25) is 13.9 Å². The zero-order chi connectivity index (χ0) is 33.7. The lowest BCUT2D eigenvalue weighted by atomic mass is 9.99. The summed E-state index contributed by atoms with van der Waals surface area (Å²) in [4.78, 5) is 38.9. The van der Waals surface area contributed by atoms with E-state index in [1.165, 1.54) is 17.9 Å². The highest BCUT2D eigenvalue weighted by Gasteiger charge is 2.33. The maximum absolute atomic E-state index is 13.1. The largest absolute Gasteiger partial charge is 0.481 e. The van der Waals surface area contributed by atoms with Crippen LogP contribution < -0.4 is 26.6 Å². The molecule has 1 fully saturated rings. The quantitative estimate of drug-likeness (QED) is 0.223. The van der Waals surface area contributed by atoms with Gasteiger partial charge in [-0.15, -0.1) is 0 Å². The molecule has 0 saturated carbocycles. The van der Waals surface area contributed by atoms with Crippen LogP contribution in [-0.2, 0) is 25.3 Å². The van der Waals surface area contributed by atoms with Crippen molar-refractivity contribution in [3.63, 3.8) is 0 Å². The highest BCUT2D eigenvalue weighted by Crippen LogP contribution is 2.44. The number of halogens is 2. The van der Waals surface area contributed by atoms with Crippen LogP contribution in [0.15, 0.2) is 58.4 Å². The van der Waals surface area contributed by atoms with Gasteiger partial charge in [0.1, 0.15) is 17.5 Å². The molecule has 14 heteroatoms. The molecule has 7 rings (SSSR count). The van der Waals surface area contributed by atoms with Gasteiger partial charge in [0.05, 0.1) is 41.2 Å². The third kappa shape index (κ3) is 5.53. The highest BCUT2D eigenvalue weighted by atomic mass is 35.5. The van der Waals surface area contributed by atoms with Gasteiger partial charge in [-0.1, -0.05) is 53.5 Å². The van der Waals surface area contributed by atoms with Crippen molar-refractivity contribution in [2.24, 2.45) is 14.1 Å². The first-order valence-corrected chi connectivity index (χ1v) is 16.3. The summed E-state index contributed by atoms with van der Waals surface area (Å²) in [6.07, 6.45) is 3.13. The Balaban J connectivity index is 1.24. The van der Waals surface area contributed by atoms with Gasteiger partial charge in [0, 0.05) is 55.0 Å². The Labute approximate surface area is 285 Å². The van der Waals surface area contributed by atoms with Crippen molar-refractivity contribution < 1.29 is 14.6 Å². The van der Waals surface area contributed by atoms with Crippen molar-refractivity contribution in [3.8, 4) is 28.3 Å². The number of aliphatic hydroxyl groups is 1. The molecule has 4 heterocycles. The van der Waals surface area contributed by atoms with Crippen LogP contribution in [0.2, 0.25) is 10.0 Å². The molecule has 0 spiro atoms. The van der Waals surface area contributed by atoms with Gasteiger partial charge >= 0.3 is 5.69 Å². The molecule has 12 nitrogen and oxygen atoms in total. The summed E-state index contributed by atoms with van der Waals surface area (Å²) in [5, 5.41) is 18.2. The first-order chi connectivity index (χ1) is 23.2.